The molecule has 0 heterocycles. The van der Waals surface area contributed by atoms with Gasteiger partial charge in [-0.15, -0.1) is 0 Å². The van der Waals surface area contributed by atoms with Crippen LogP contribution in [0.15, 0.2) is 48.5 Å². The Balaban J connectivity index is 1.89. The first-order chi connectivity index (χ1) is 12.3. The molecule has 0 radical (unpaired) electrons. The molecule has 140 valence electrons. The van der Waals surface area contributed by atoms with Crippen LogP contribution >= 0.6 is 0 Å². The Kier molecular flexibility index (Phi) is 6.82. The Morgan fingerprint density at radius 1 is 1.04 bits per heavy atom. The van der Waals surface area contributed by atoms with E-state index in [1.54, 1.807) is 12.1 Å². The number of nitrogens with zero attached hydrogens (tertiary/aromatic N) is 1. The van der Waals surface area contributed by atoms with Gasteiger partial charge in [0.1, 0.15) is 11.6 Å². The van der Waals surface area contributed by atoms with Crippen LogP contribution in [0.4, 0.5) is 8.78 Å². The molecule has 0 aromatic heterocycles. The number of carbonyl (C=O) groups is 1. The smallest absolute Gasteiger partial charge is 0.251 e. The summed E-state index contributed by atoms with van der Waals surface area (Å²) in [5.74, 6) is -1.35. The van der Waals surface area contributed by atoms with E-state index in [4.69, 9.17) is 0 Å². The van der Waals surface area contributed by atoms with Gasteiger partial charge < -0.3 is 5.32 Å². The zero-order chi connectivity index (χ0) is 19.2. The molecule has 0 aliphatic heterocycles. The molecule has 2 rings (SSSR count). The summed E-state index contributed by atoms with van der Waals surface area (Å²) in [6.07, 6.45) is 1.51. The summed E-state index contributed by atoms with van der Waals surface area (Å²) in [7, 11) is -3.46. The Morgan fingerprint density at radius 3 is 2.35 bits per heavy atom. The minimum Gasteiger partial charge on any atom is -0.351 e. The molecule has 1 amide bonds. The maximum absolute atomic E-state index is 13.1. The number of rotatable bonds is 8. The van der Waals surface area contributed by atoms with Crippen molar-refractivity contribution in [2.45, 2.75) is 6.42 Å². The first kappa shape index (κ1) is 20.0. The highest BCUT2D eigenvalue weighted by Crippen LogP contribution is 2.07. The average molecular weight is 382 g/mol. The van der Waals surface area contributed by atoms with E-state index in [1.165, 1.54) is 34.6 Å². The standard InChI is InChI=1S/C18H20F2N2O3S/c1-26(24,25)22(11-9-14-5-7-16(19)8-6-14)12-10-21-18(23)15-3-2-4-17(20)13-15/h2-8,13H,9-12H2,1H3,(H,21,23). The van der Waals surface area contributed by atoms with Crippen LogP contribution in [-0.4, -0.2) is 44.5 Å². The third kappa shape index (κ3) is 6.20. The highest BCUT2D eigenvalue weighted by molar-refractivity contribution is 7.88. The normalized spacial score (nSPS) is 11.5. The number of hydrogen-bond acceptors (Lipinski definition) is 3. The number of nitrogens with one attached hydrogen (secondary N) is 1. The first-order valence-corrected chi connectivity index (χ1v) is 9.84. The van der Waals surface area contributed by atoms with Gasteiger partial charge in [-0.25, -0.2) is 21.5 Å². The van der Waals surface area contributed by atoms with Crippen molar-refractivity contribution in [3.63, 3.8) is 0 Å². The molecule has 0 saturated heterocycles. The SMILES string of the molecule is CS(=O)(=O)N(CCNC(=O)c1cccc(F)c1)CCc1ccc(F)cc1. The summed E-state index contributed by atoms with van der Waals surface area (Å²) in [6.45, 7) is 0.382. The zero-order valence-electron chi connectivity index (χ0n) is 14.3. The lowest BCUT2D eigenvalue weighted by Gasteiger charge is -2.20. The van der Waals surface area contributed by atoms with Crippen molar-refractivity contribution in [1.29, 1.82) is 0 Å². The topological polar surface area (TPSA) is 66.5 Å². The Labute approximate surface area is 151 Å². The van der Waals surface area contributed by atoms with E-state index in [9.17, 15) is 22.0 Å². The van der Waals surface area contributed by atoms with Crippen LogP contribution in [-0.2, 0) is 16.4 Å². The van der Waals surface area contributed by atoms with Crippen LogP contribution in [0.3, 0.4) is 0 Å². The molecular formula is C18H20F2N2O3S. The lowest BCUT2D eigenvalue weighted by atomic mass is 10.1. The highest BCUT2D eigenvalue weighted by Gasteiger charge is 2.17. The number of benzene rings is 2. The lowest BCUT2D eigenvalue weighted by molar-refractivity contribution is 0.0951. The molecule has 0 spiro atoms. The average Bonchev–Trinajstić information content (AvgIpc) is 2.58. The van der Waals surface area contributed by atoms with Crippen LogP contribution in [0.25, 0.3) is 0 Å². The molecule has 0 aliphatic rings. The van der Waals surface area contributed by atoms with Crippen molar-refractivity contribution in [2.75, 3.05) is 25.9 Å². The summed E-state index contributed by atoms with van der Waals surface area (Å²) < 4.78 is 51.1. The van der Waals surface area contributed by atoms with Gasteiger partial charge in [-0.2, -0.15) is 0 Å². The fourth-order valence-corrected chi connectivity index (χ4v) is 3.22. The fraction of sp³-hybridized carbons (Fsp3) is 0.278. The van der Waals surface area contributed by atoms with Gasteiger partial charge in [0.25, 0.3) is 5.91 Å². The molecular weight excluding hydrogens is 362 g/mol. The monoisotopic (exact) mass is 382 g/mol. The number of hydrogen-bond donors (Lipinski definition) is 1. The van der Waals surface area contributed by atoms with Gasteiger partial charge in [0.15, 0.2) is 0 Å². The Morgan fingerprint density at radius 2 is 1.73 bits per heavy atom. The van der Waals surface area contributed by atoms with Gasteiger partial charge in [0.2, 0.25) is 10.0 Å². The van der Waals surface area contributed by atoms with Gasteiger partial charge >= 0.3 is 0 Å². The second-order valence-electron chi connectivity index (χ2n) is 5.80. The molecule has 2 aromatic rings. The first-order valence-electron chi connectivity index (χ1n) is 7.99. The van der Waals surface area contributed by atoms with E-state index < -0.39 is 21.7 Å². The molecule has 1 N–H and O–H groups in total. The predicted octanol–water partition coefficient (Wildman–Crippen LogP) is 2.20. The Hall–Kier alpha value is -2.32. The van der Waals surface area contributed by atoms with Gasteiger partial charge in [-0.05, 0) is 42.3 Å². The number of amides is 1. The minimum absolute atomic E-state index is 0.0844. The summed E-state index contributed by atoms with van der Waals surface area (Å²) in [5, 5.41) is 2.57. The van der Waals surface area contributed by atoms with Gasteiger partial charge in [0.05, 0.1) is 6.26 Å². The largest absolute Gasteiger partial charge is 0.351 e. The van der Waals surface area contributed by atoms with Crippen LogP contribution < -0.4 is 5.32 Å². The van der Waals surface area contributed by atoms with Gasteiger partial charge in [0, 0.05) is 25.2 Å². The molecule has 0 atom stereocenters. The summed E-state index contributed by atoms with van der Waals surface area (Å²) in [4.78, 5) is 12.0. The highest BCUT2D eigenvalue weighted by atomic mass is 32.2. The van der Waals surface area contributed by atoms with Gasteiger partial charge in [-0.1, -0.05) is 18.2 Å². The van der Waals surface area contributed by atoms with Crippen molar-refractivity contribution in [3.8, 4) is 0 Å². The lowest BCUT2D eigenvalue weighted by Crippen LogP contribution is -2.39. The molecule has 0 fully saturated rings. The van der Waals surface area contributed by atoms with E-state index in [2.05, 4.69) is 5.32 Å². The van der Waals surface area contributed by atoms with E-state index in [-0.39, 0.29) is 31.0 Å². The summed E-state index contributed by atoms with van der Waals surface area (Å²) >= 11 is 0. The van der Waals surface area contributed by atoms with Crippen LogP contribution in [0.2, 0.25) is 0 Å². The third-order valence-electron chi connectivity index (χ3n) is 3.77. The van der Waals surface area contributed by atoms with Crippen molar-refractivity contribution in [2.24, 2.45) is 0 Å². The van der Waals surface area contributed by atoms with E-state index >= 15 is 0 Å². The van der Waals surface area contributed by atoms with Gasteiger partial charge in [-0.3, -0.25) is 4.79 Å². The molecule has 2 aromatic carbocycles. The predicted molar refractivity (Wildman–Crippen MR) is 95.3 cm³/mol. The van der Waals surface area contributed by atoms with Crippen molar-refractivity contribution < 1.29 is 22.0 Å². The second-order valence-corrected chi connectivity index (χ2v) is 7.79. The molecule has 26 heavy (non-hydrogen) atoms. The van der Waals surface area contributed by atoms with Crippen LogP contribution in [0.1, 0.15) is 15.9 Å². The zero-order valence-corrected chi connectivity index (χ0v) is 15.1. The Bertz CT molecular complexity index is 855. The molecule has 0 unspecified atom stereocenters. The fourth-order valence-electron chi connectivity index (χ4n) is 2.37. The summed E-state index contributed by atoms with van der Waals surface area (Å²) in [5.41, 5.74) is 0.978. The minimum atomic E-state index is -3.46. The number of sulfonamides is 1. The second kappa shape index (κ2) is 8.86. The number of carbonyl (C=O) groups excluding carboxylic acids is 1. The van der Waals surface area contributed by atoms with Crippen molar-refractivity contribution >= 4 is 15.9 Å². The summed E-state index contributed by atoms with van der Waals surface area (Å²) in [6, 6.07) is 11.1. The van der Waals surface area contributed by atoms with Crippen LogP contribution in [0, 0.1) is 11.6 Å². The number of halogens is 2. The molecule has 0 saturated carbocycles. The molecule has 0 bridgehead atoms. The van der Waals surface area contributed by atoms with E-state index in [0.717, 1.165) is 17.9 Å². The van der Waals surface area contributed by atoms with E-state index in [1.807, 2.05) is 0 Å². The maximum atomic E-state index is 13.1. The quantitative estimate of drug-likeness (QED) is 0.761. The molecule has 0 aliphatic carbocycles. The molecule has 5 nitrogen and oxygen atoms in total. The van der Waals surface area contributed by atoms with Crippen molar-refractivity contribution in [3.05, 3.63) is 71.3 Å². The van der Waals surface area contributed by atoms with Crippen LogP contribution in [0.5, 0.6) is 0 Å². The third-order valence-corrected chi connectivity index (χ3v) is 5.07. The van der Waals surface area contributed by atoms with E-state index in [0.29, 0.717) is 6.42 Å². The maximum Gasteiger partial charge on any atom is 0.251 e. The van der Waals surface area contributed by atoms with Crippen molar-refractivity contribution in [1.82, 2.24) is 9.62 Å². The molecule has 8 heteroatoms.